The molecule has 0 radical (unpaired) electrons. The second-order valence-corrected chi connectivity index (χ2v) is 5.69. The number of ketones is 1. The summed E-state index contributed by atoms with van der Waals surface area (Å²) in [5.74, 6) is 2.58. The summed E-state index contributed by atoms with van der Waals surface area (Å²) in [4.78, 5) is 13.5. The number of rotatable bonds is 4. The third kappa shape index (κ3) is 3.15. The van der Waals surface area contributed by atoms with E-state index in [1.807, 2.05) is 0 Å². The van der Waals surface area contributed by atoms with E-state index in [1.165, 1.54) is 17.6 Å². The van der Waals surface area contributed by atoms with Crippen molar-refractivity contribution in [2.45, 2.75) is 46.0 Å². The van der Waals surface area contributed by atoms with Gasteiger partial charge < -0.3 is 0 Å². The second-order valence-electron chi connectivity index (χ2n) is 5.69. The summed E-state index contributed by atoms with van der Waals surface area (Å²) in [6, 6.07) is 0. The highest BCUT2D eigenvalue weighted by atomic mass is 16.1. The number of carbonyl (C=O) groups is 1. The normalized spacial score (nSPS) is 24.4. The molecule has 1 aromatic rings. The van der Waals surface area contributed by atoms with Crippen LogP contribution in [-0.2, 0) is 18.3 Å². The molecule has 1 aliphatic carbocycles. The van der Waals surface area contributed by atoms with Crippen LogP contribution in [0.2, 0.25) is 0 Å². The first-order valence-corrected chi connectivity index (χ1v) is 6.82. The van der Waals surface area contributed by atoms with Crippen LogP contribution < -0.4 is 0 Å². The minimum atomic E-state index is 0.212. The molecule has 0 aliphatic heterocycles. The lowest BCUT2D eigenvalue weighted by molar-refractivity contribution is -0.123. The average Bonchev–Trinajstić information content (AvgIpc) is 2.75. The molecule has 0 aromatic carbocycles. The van der Waals surface area contributed by atoms with Crippen molar-refractivity contribution in [1.82, 2.24) is 20.2 Å². The Kier molecular flexibility index (Phi) is 4.09. The molecule has 1 aliphatic rings. The summed E-state index contributed by atoms with van der Waals surface area (Å²) in [6.45, 7) is 4.55. The van der Waals surface area contributed by atoms with E-state index in [0.29, 0.717) is 12.2 Å². The van der Waals surface area contributed by atoms with Gasteiger partial charge in [-0.2, -0.15) is 4.80 Å². The van der Waals surface area contributed by atoms with Crippen LogP contribution in [0.1, 0.15) is 45.4 Å². The highest BCUT2D eigenvalue weighted by Crippen LogP contribution is 2.33. The van der Waals surface area contributed by atoms with Crippen LogP contribution in [0.25, 0.3) is 0 Å². The standard InChI is InChI=1S/C13H22N4O/c1-9(2)10-4-6-11(7-5-10)12(18)8-13-14-16-17(3)15-13/h9-11H,4-8H2,1-3H3. The smallest absolute Gasteiger partial charge is 0.182 e. The van der Waals surface area contributed by atoms with E-state index >= 15 is 0 Å². The Morgan fingerprint density at radius 3 is 2.50 bits per heavy atom. The van der Waals surface area contributed by atoms with E-state index in [9.17, 15) is 4.79 Å². The minimum absolute atomic E-state index is 0.212. The van der Waals surface area contributed by atoms with Crippen molar-refractivity contribution in [1.29, 1.82) is 0 Å². The number of aryl methyl sites for hydroxylation is 1. The highest BCUT2D eigenvalue weighted by Gasteiger charge is 2.28. The quantitative estimate of drug-likeness (QED) is 0.817. The molecule has 18 heavy (non-hydrogen) atoms. The van der Waals surface area contributed by atoms with Crippen LogP contribution in [0.4, 0.5) is 0 Å². The van der Waals surface area contributed by atoms with E-state index in [-0.39, 0.29) is 11.7 Å². The van der Waals surface area contributed by atoms with Crippen LogP contribution in [-0.4, -0.2) is 26.0 Å². The number of hydrogen-bond acceptors (Lipinski definition) is 4. The zero-order valence-electron chi connectivity index (χ0n) is 11.5. The van der Waals surface area contributed by atoms with Crippen LogP contribution >= 0.6 is 0 Å². The maximum Gasteiger partial charge on any atom is 0.182 e. The van der Waals surface area contributed by atoms with Gasteiger partial charge in [-0.05, 0) is 42.7 Å². The molecule has 1 saturated carbocycles. The molecular weight excluding hydrogens is 228 g/mol. The predicted molar refractivity (Wildman–Crippen MR) is 67.8 cm³/mol. The van der Waals surface area contributed by atoms with E-state index in [0.717, 1.165) is 24.7 Å². The van der Waals surface area contributed by atoms with E-state index < -0.39 is 0 Å². The summed E-state index contributed by atoms with van der Waals surface area (Å²) in [5.41, 5.74) is 0. The third-order valence-corrected chi connectivity index (χ3v) is 4.05. The van der Waals surface area contributed by atoms with Crippen LogP contribution in [0, 0.1) is 17.8 Å². The molecule has 0 saturated heterocycles. The van der Waals surface area contributed by atoms with E-state index in [1.54, 1.807) is 7.05 Å². The SMILES string of the molecule is CC(C)C1CCC(C(=O)Cc2nnn(C)n2)CC1. The Morgan fingerprint density at radius 1 is 1.33 bits per heavy atom. The number of carbonyl (C=O) groups excluding carboxylic acids is 1. The molecule has 5 heteroatoms. The van der Waals surface area contributed by atoms with Crippen molar-refractivity contribution in [3.63, 3.8) is 0 Å². The van der Waals surface area contributed by atoms with Gasteiger partial charge >= 0.3 is 0 Å². The van der Waals surface area contributed by atoms with Gasteiger partial charge in [-0.3, -0.25) is 4.79 Å². The van der Waals surface area contributed by atoms with Gasteiger partial charge in [0.25, 0.3) is 0 Å². The number of aromatic nitrogens is 4. The van der Waals surface area contributed by atoms with Gasteiger partial charge in [-0.15, -0.1) is 10.2 Å². The topological polar surface area (TPSA) is 60.7 Å². The van der Waals surface area contributed by atoms with Crippen molar-refractivity contribution < 1.29 is 4.79 Å². The lowest BCUT2D eigenvalue weighted by Gasteiger charge is -2.29. The molecule has 0 bridgehead atoms. The Labute approximate surface area is 108 Å². The van der Waals surface area contributed by atoms with Crippen molar-refractivity contribution in [3.05, 3.63) is 5.82 Å². The van der Waals surface area contributed by atoms with Crippen LogP contribution in [0.3, 0.4) is 0 Å². The third-order valence-electron chi connectivity index (χ3n) is 4.05. The molecule has 1 fully saturated rings. The van der Waals surface area contributed by atoms with Gasteiger partial charge in [0.15, 0.2) is 5.82 Å². The molecule has 1 aromatic heterocycles. The molecule has 0 unspecified atom stereocenters. The molecule has 5 nitrogen and oxygen atoms in total. The Balaban J connectivity index is 1.84. The molecule has 0 amide bonds. The first-order chi connectivity index (χ1) is 8.56. The second kappa shape index (κ2) is 5.59. The fourth-order valence-electron chi connectivity index (χ4n) is 2.80. The zero-order chi connectivity index (χ0) is 13.1. The molecular formula is C13H22N4O. The predicted octanol–water partition coefficient (Wildman–Crippen LogP) is 1.78. The van der Waals surface area contributed by atoms with Crippen LogP contribution in [0.15, 0.2) is 0 Å². The van der Waals surface area contributed by atoms with Crippen molar-refractivity contribution in [2.75, 3.05) is 0 Å². The monoisotopic (exact) mass is 250 g/mol. The van der Waals surface area contributed by atoms with Crippen molar-refractivity contribution in [2.24, 2.45) is 24.8 Å². The Morgan fingerprint density at radius 2 is 2.00 bits per heavy atom. The van der Waals surface area contributed by atoms with Crippen molar-refractivity contribution >= 4 is 5.78 Å². The number of tetrazole rings is 1. The maximum absolute atomic E-state index is 12.1. The lowest BCUT2D eigenvalue weighted by atomic mass is 9.75. The minimum Gasteiger partial charge on any atom is -0.299 e. The molecule has 0 spiro atoms. The first-order valence-electron chi connectivity index (χ1n) is 6.82. The number of Topliss-reactive ketones (excluding diaryl/α,β-unsaturated/α-hetero) is 1. The van der Waals surface area contributed by atoms with Gasteiger partial charge in [0, 0.05) is 5.92 Å². The van der Waals surface area contributed by atoms with Gasteiger partial charge in [-0.1, -0.05) is 13.8 Å². The van der Waals surface area contributed by atoms with Gasteiger partial charge in [0.2, 0.25) is 0 Å². The maximum atomic E-state index is 12.1. The molecule has 100 valence electrons. The average molecular weight is 250 g/mol. The Bertz CT molecular complexity index is 405. The molecule has 0 N–H and O–H groups in total. The van der Waals surface area contributed by atoms with E-state index in [2.05, 4.69) is 29.3 Å². The van der Waals surface area contributed by atoms with Gasteiger partial charge in [-0.25, -0.2) is 0 Å². The largest absolute Gasteiger partial charge is 0.299 e. The summed E-state index contributed by atoms with van der Waals surface area (Å²) in [6.07, 6.45) is 4.76. The number of hydrogen-bond donors (Lipinski definition) is 0. The first kappa shape index (κ1) is 13.2. The summed E-state index contributed by atoms with van der Waals surface area (Å²) in [5, 5.41) is 11.7. The number of nitrogens with zero attached hydrogens (tertiary/aromatic N) is 4. The van der Waals surface area contributed by atoms with Crippen molar-refractivity contribution in [3.8, 4) is 0 Å². The van der Waals surface area contributed by atoms with Gasteiger partial charge in [0.1, 0.15) is 5.78 Å². The fraction of sp³-hybridized carbons (Fsp3) is 0.846. The molecule has 1 heterocycles. The zero-order valence-corrected chi connectivity index (χ0v) is 11.5. The van der Waals surface area contributed by atoms with Crippen LogP contribution in [0.5, 0.6) is 0 Å². The molecule has 2 rings (SSSR count). The molecule has 0 atom stereocenters. The lowest BCUT2D eigenvalue weighted by Crippen LogP contribution is -2.25. The fourth-order valence-corrected chi connectivity index (χ4v) is 2.80. The summed E-state index contributed by atoms with van der Waals surface area (Å²) >= 11 is 0. The summed E-state index contributed by atoms with van der Waals surface area (Å²) < 4.78 is 0. The van der Waals surface area contributed by atoms with Gasteiger partial charge in [0.05, 0.1) is 13.5 Å². The Hall–Kier alpha value is -1.26. The summed E-state index contributed by atoms with van der Waals surface area (Å²) in [7, 11) is 1.72. The van der Waals surface area contributed by atoms with E-state index in [4.69, 9.17) is 0 Å². The highest BCUT2D eigenvalue weighted by molar-refractivity contribution is 5.82.